The molecule has 0 saturated heterocycles. The van der Waals surface area contributed by atoms with E-state index in [1.807, 2.05) is 6.92 Å². The summed E-state index contributed by atoms with van der Waals surface area (Å²) in [6.45, 7) is 3.14. The van der Waals surface area contributed by atoms with Crippen LogP contribution in [0.1, 0.15) is 38.8 Å². The monoisotopic (exact) mass is 434 g/mol. The Kier molecular flexibility index (Phi) is 7.00. The summed E-state index contributed by atoms with van der Waals surface area (Å²) in [4.78, 5) is 36.5. The molecule has 3 rings (SSSR count). The number of ether oxygens (including phenoxy) is 2. The standard InChI is InChI=1S/C25H19ClO5/c1-16-7-14-23(31-25(29)21-5-3-4-6-24(21)30-17(2)27)19(15-16)10-13-22(28)18-8-11-20(26)12-9-18/h3-15H,1-2H3/b13-10+. The Hall–Kier alpha value is -3.70. The van der Waals surface area contributed by atoms with Gasteiger partial charge in [0.25, 0.3) is 0 Å². The van der Waals surface area contributed by atoms with Gasteiger partial charge in [0.2, 0.25) is 0 Å². The number of ketones is 1. The first-order valence-corrected chi connectivity index (χ1v) is 9.79. The Morgan fingerprint density at radius 3 is 2.29 bits per heavy atom. The molecular weight excluding hydrogens is 416 g/mol. The van der Waals surface area contributed by atoms with Gasteiger partial charge in [-0.25, -0.2) is 4.79 Å². The number of para-hydroxylation sites is 1. The van der Waals surface area contributed by atoms with E-state index < -0.39 is 11.9 Å². The first-order chi connectivity index (χ1) is 14.8. The molecule has 0 radical (unpaired) electrons. The number of halogens is 1. The number of carbonyl (C=O) groups excluding carboxylic acids is 3. The zero-order valence-electron chi connectivity index (χ0n) is 16.9. The lowest BCUT2D eigenvalue weighted by atomic mass is 10.1. The quantitative estimate of drug-likeness (QED) is 0.216. The van der Waals surface area contributed by atoms with Crippen molar-refractivity contribution in [2.45, 2.75) is 13.8 Å². The Morgan fingerprint density at radius 2 is 1.58 bits per heavy atom. The highest BCUT2D eigenvalue weighted by molar-refractivity contribution is 6.30. The SMILES string of the molecule is CC(=O)Oc1ccccc1C(=O)Oc1ccc(C)cc1/C=C/C(=O)c1ccc(Cl)cc1. The van der Waals surface area contributed by atoms with Gasteiger partial charge < -0.3 is 9.47 Å². The third-order valence-electron chi connectivity index (χ3n) is 4.27. The lowest BCUT2D eigenvalue weighted by Gasteiger charge is -2.11. The summed E-state index contributed by atoms with van der Waals surface area (Å²) < 4.78 is 10.6. The minimum Gasteiger partial charge on any atom is -0.426 e. The highest BCUT2D eigenvalue weighted by Gasteiger charge is 2.17. The van der Waals surface area contributed by atoms with Crippen LogP contribution < -0.4 is 9.47 Å². The molecule has 156 valence electrons. The second kappa shape index (κ2) is 9.87. The van der Waals surface area contributed by atoms with Crippen LogP contribution >= 0.6 is 11.6 Å². The fourth-order valence-corrected chi connectivity index (χ4v) is 2.93. The van der Waals surface area contributed by atoms with E-state index in [4.69, 9.17) is 21.1 Å². The molecule has 0 saturated carbocycles. The Balaban J connectivity index is 1.85. The van der Waals surface area contributed by atoms with Crippen LogP contribution in [0.25, 0.3) is 6.08 Å². The van der Waals surface area contributed by atoms with Crippen molar-refractivity contribution in [1.29, 1.82) is 0 Å². The van der Waals surface area contributed by atoms with E-state index in [0.717, 1.165) is 5.56 Å². The highest BCUT2D eigenvalue weighted by atomic mass is 35.5. The summed E-state index contributed by atoms with van der Waals surface area (Å²) in [6.07, 6.45) is 2.99. The molecule has 0 aliphatic heterocycles. The topological polar surface area (TPSA) is 69.7 Å². The number of aryl methyl sites for hydroxylation is 1. The molecule has 0 amide bonds. The summed E-state index contributed by atoms with van der Waals surface area (Å²) in [5.41, 5.74) is 2.09. The minimum atomic E-state index is -0.681. The van der Waals surface area contributed by atoms with Crippen molar-refractivity contribution in [3.05, 3.63) is 100 Å². The van der Waals surface area contributed by atoms with Crippen LogP contribution in [0, 0.1) is 6.92 Å². The zero-order valence-corrected chi connectivity index (χ0v) is 17.7. The molecule has 3 aromatic carbocycles. The van der Waals surface area contributed by atoms with Crippen molar-refractivity contribution >= 4 is 35.4 Å². The van der Waals surface area contributed by atoms with E-state index >= 15 is 0 Å². The Morgan fingerprint density at radius 1 is 0.871 bits per heavy atom. The van der Waals surface area contributed by atoms with Crippen molar-refractivity contribution in [3.63, 3.8) is 0 Å². The van der Waals surface area contributed by atoms with E-state index in [2.05, 4.69) is 0 Å². The zero-order chi connectivity index (χ0) is 22.4. The van der Waals surface area contributed by atoms with E-state index in [9.17, 15) is 14.4 Å². The lowest BCUT2D eigenvalue weighted by Crippen LogP contribution is -2.13. The van der Waals surface area contributed by atoms with Crippen LogP contribution in [0.3, 0.4) is 0 Å². The highest BCUT2D eigenvalue weighted by Crippen LogP contribution is 2.26. The minimum absolute atomic E-state index is 0.113. The molecule has 0 aromatic heterocycles. The van der Waals surface area contributed by atoms with Crippen LogP contribution in [-0.4, -0.2) is 17.7 Å². The van der Waals surface area contributed by atoms with Crippen LogP contribution in [0.2, 0.25) is 5.02 Å². The summed E-state index contributed by atoms with van der Waals surface area (Å²) in [5, 5.41) is 0.544. The average molecular weight is 435 g/mol. The van der Waals surface area contributed by atoms with Gasteiger partial charge in [0.1, 0.15) is 17.1 Å². The molecule has 5 nitrogen and oxygen atoms in total. The molecule has 0 aliphatic carbocycles. The lowest BCUT2D eigenvalue weighted by molar-refractivity contribution is -0.131. The Bertz CT molecular complexity index is 1160. The van der Waals surface area contributed by atoms with Crippen molar-refractivity contribution in [2.24, 2.45) is 0 Å². The van der Waals surface area contributed by atoms with Gasteiger partial charge in [-0.3, -0.25) is 9.59 Å². The van der Waals surface area contributed by atoms with E-state index in [1.165, 1.54) is 25.1 Å². The normalized spacial score (nSPS) is 10.7. The number of hydrogen-bond donors (Lipinski definition) is 0. The molecule has 0 heterocycles. The van der Waals surface area contributed by atoms with Crippen molar-refractivity contribution in [1.82, 2.24) is 0 Å². The van der Waals surface area contributed by atoms with Gasteiger partial charge in [0.05, 0.1) is 0 Å². The first-order valence-electron chi connectivity index (χ1n) is 9.42. The number of allylic oxidation sites excluding steroid dienone is 1. The third kappa shape index (κ3) is 5.90. The molecule has 0 aliphatic rings. The van der Waals surface area contributed by atoms with Gasteiger partial charge in [-0.2, -0.15) is 0 Å². The predicted molar refractivity (Wildman–Crippen MR) is 119 cm³/mol. The van der Waals surface area contributed by atoms with Gasteiger partial charge in [0, 0.05) is 23.1 Å². The number of rotatable bonds is 6. The maximum atomic E-state index is 12.7. The number of benzene rings is 3. The van der Waals surface area contributed by atoms with Gasteiger partial charge in [0.15, 0.2) is 5.78 Å². The van der Waals surface area contributed by atoms with Gasteiger partial charge in [-0.15, -0.1) is 0 Å². The molecule has 0 fully saturated rings. The average Bonchev–Trinajstić information content (AvgIpc) is 2.74. The van der Waals surface area contributed by atoms with Crippen LogP contribution in [0.4, 0.5) is 0 Å². The Labute approximate surface area is 184 Å². The maximum Gasteiger partial charge on any atom is 0.347 e. The fourth-order valence-electron chi connectivity index (χ4n) is 2.80. The van der Waals surface area contributed by atoms with E-state index in [1.54, 1.807) is 60.7 Å². The molecule has 0 bridgehead atoms. The van der Waals surface area contributed by atoms with Gasteiger partial charge in [-0.1, -0.05) is 35.4 Å². The summed E-state index contributed by atoms with van der Waals surface area (Å²) >= 11 is 5.86. The number of carbonyl (C=O) groups is 3. The molecule has 0 atom stereocenters. The largest absolute Gasteiger partial charge is 0.426 e. The van der Waals surface area contributed by atoms with Crippen molar-refractivity contribution in [3.8, 4) is 11.5 Å². The molecule has 6 heteroatoms. The van der Waals surface area contributed by atoms with Gasteiger partial charge >= 0.3 is 11.9 Å². The molecule has 0 spiro atoms. The summed E-state index contributed by atoms with van der Waals surface area (Å²) in [5.74, 6) is -1.05. The fraction of sp³-hybridized carbons (Fsp3) is 0.0800. The summed E-state index contributed by atoms with van der Waals surface area (Å²) in [7, 11) is 0. The molecule has 0 unspecified atom stereocenters. The molecule has 3 aromatic rings. The van der Waals surface area contributed by atoms with Gasteiger partial charge in [-0.05, 0) is 67.6 Å². The number of esters is 2. The van der Waals surface area contributed by atoms with Crippen LogP contribution in [-0.2, 0) is 4.79 Å². The molecular formula is C25H19ClO5. The van der Waals surface area contributed by atoms with Crippen LogP contribution in [0.5, 0.6) is 11.5 Å². The van der Waals surface area contributed by atoms with E-state index in [0.29, 0.717) is 16.1 Å². The number of hydrogen-bond acceptors (Lipinski definition) is 5. The van der Waals surface area contributed by atoms with E-state index in [-0.39, 0.29) is 22.8 Å². The maximum absolute atomic E-state index is 12.7. The second-order valence-corrected chi connectivity index (χ2v) is 7.16. The summed E-state index contributed by atoms with van der Waals surface area (Å²) in [6, 6.07) is 18.1. The molecule has 31 heavy (non-hydrogen) atoms. The second-order valence-electron chi connectivity index (χ2n) is 6.73. The third-order valence-corrected chi connectivity index (χ3v) is 4.52. The first kappa shape index (κ1) is 22.0. The predicted octanol–water partition coefficient (Wildman–Crippen LogP) is 5.69. The van der Waals surface area contributed by atoms with Crippen molar-refractivity contribution < 1.29 is 23.9 Å². The molecule has 0 N–H and O–H groups in total. The van der Waals surface area contributed by atoms with Crippen molar-refractivity contribution in [2.75, 3.05) is 0 Å². The van der Waals surface area contributed by atoms with Crippen LogP contribution in [0.15, 0.2) is 72.8 Å². The smallest absolute Gasteiger partial charge is 0.347 e.